The molecule has 1 aromatic carbocycles. The molecule has 1 aliphatic heterocycles. The summed E-state index contributed by atoms with van der Waals surface area (Å²) in [5.74, 6) is 0.953. The Morgan fingerprint density at radius 2 is 1.88 bits per heavy atom. The third-order valence-electron chi connectivity index (χ3n) is 5.39. The van der Waals surface area contributed by atoms with E-state index in [1.54, 1.807) is 35.8 Å². The molecule has 32 heavy (non-hydrogen) atoms. The Morgan fingerprint density at radius 3 is 2.59 bits per heavy atom. The van der Waals surface area contributed by atoms with Gasteiger partial charge in [0.25, 0.3) is 5.91 Å². The Hall–Kier alpha value is -3.56. The van der Waals surface area contributed by atoms with Gasteiger partial charge in [-0.2, -0.15) is 4.68 Å². The maximum absolute atomic E-state index is 13.6. The normalized spacial score (nSPS) is 15.2. The Balaban J connectivity index is 1.39. The predicted octanol–water partition coefficient (Wildman–Crippen LogP) is 3.34. The molecule has 4 aromatic rings. The van der Waals surface area contributed by atoms with E-state index in [1.807, 2.05) is 35.2 Å². The zero-order chi connectivity index (χ0) is 21.8. The van der Waals surface area contributed by atoms with Crippen molar-refractivity contribution in [2.24, 2.45) is 0 Å². The van der Waals surface area contributed by atoms with Crippen LogP contribution in [-0.2, 0) is 11.3 Å². The number of hydrogen-bond donors (Lipinski definition) is 0. The van der Waals surface area contributed by atoms with E-state index in [2.05, 4.69) is 37.9 Å². The summed E-state index contributed by atoms with van der Waals surface area (Å²) in [6, 6.07) is 17.4. The van der Waals surface area contributed by atoms with Crippen LogP contribution >= 0.6 is 11.3 Å². The first-order chi connectivity index (χ1) is 15.8. The molecule has 1 amide bonds. The monoisotopic (exact) mass is 446 g/mol. The minimum atomic E-state index is -0.123. The quantitative estimate of drug-likeness (QED) is 0.423. The molecular formula is C23H22N6O2S. The number of rotatable bonds is 6. The summed E-state index contributed by atoms with van der Waals surface area (Å²) < 4.78 is 6.98. The van der Waals surface area contributed by atoms with Crippen molar-refractivity contribution in [1.82, 2.24) is 30.0 Å². The van der Waals surface area contributed by atoms with E-state index < -0.39 is 0 Å². The Morgan fingerprint density at radius 1 is 1.03 bits per heavy atom. The van der Waals surface area contributed by atoms with Crippen LogP contribution in [0.2, 0.25) is 0 Å². The van der Waals surface area contributed by atoms with Gasteiger partial charge in [-0.05, 0) is 34.0 Å². The molecule has 4 heterocycles. The van der Waals surface area contributed by atoms with Gasteiger partial charge in [0.15, 0.2) is 5.82 Å². The number of furan rings is 1. The molecule has 0 aliphatic carbocycles. The van der Waals surface area contributed by atoms with Crippen molar-refractivity contribution in [2.75, 3.05) is 26.2 Å². The van der Waals surface area contributed by atoms with Crippen molar-refractivity contribution in [2.45, 2.75) is 6.54 Å². The van der Waals surface area contributed by atoms with Crippen LogP contribution in [0.1, 0.15) is 10.6 Å². The molecule has 162 valence electrons. The molecule has 0 N–H and O–H groups in total. The Bertz CT molecular complexity index is 1180. The highest BCUT2D eigenvalue weighted by Gasteiger charge is 2.27. The van der Waals surface area contributed by atoms with Crippen molar-refractivity contribution in [3.05, 3.63) is 76.9 Å². The number of benzene rings is 1. The molecular weight excluding hydrogens is 424 g/mol. The van der Waals surface area contributed by atoms with E-state index in [4.69, 9.17) is 4.42 Å². The number of aromatic nitrogens is 4. The predicted molar refractivity (Wildman–Crippen MR) is 122 cm³/mol. The molecule has 0 saturated carbocycles. The lowest BCUT2D eigenvalue weighted by Crippen LogP contribution is -2.48. The minimum Gasteiger partial charge on any atom is -0.465 e. The molecule has 0 bridgehead atoms. The highest BCUT2D eigenvalue weighted by atomic mass is 32.1. The van der Waals surface area contributed by atoms with Crippen LogP contribution in [0.25, 0.3) is 23.2 Å². The molecule has 1 aliphatic rings. The number of piperazine rings is 1. The van der Waals surface area contributed by atoms with Crippen LogP contribution in [0.4, 0.5) is 0 Å². The summed E-state index contributed by atoms with van der Waals surface area (Å²) in [7, 11) is 0. The topological polar surface area (TPSA) is 80.3 Å². The van der Waals surface area contributed by atoms with Crippen LogP contribution in [0.3, 0.4) is 0 Å². The zero-order valence-corrected chi connectivity index (χ0v) is 18.2. The first-order valence-corrected chi connectivity index (χ1v) is 11.3. The fraction of sp³-hybridized carbons (Fsp3) is 0.217. The molecule has 0 unspecified atom stereocenters. The van der Waals surface area contributed by atoms with E-state index in [0.29, 0.717) is 30.4 Å². The standard InChI is InChI=1S/C23H22N6O2S/c30-23(28-12-10-27(11-13-28)17-20-9-5-15-32-20)21(16-19-8-4-14-31-19)29-22(24-25-26-29)18-6-2-1-3-7-18/h1-9,14-16H,10-13,17H2/b21-16+. The number of thiophene rings is 1. The maximum atomic E-state index is 13.6. The molecule has 8 nitrogen and oxygen atoms in total. The summed E-state index contributed by atoms with van der Waals surface area (Å²) in [4.78, 5) is 19.2. The van der Waals surface area contributed by atoms with Crippen molar-refractivity contribution in [1.29, 1.82) is 0 Å². The lowest BCUT2D eigenvalue weighted by Gasteiger charge is -2.34. The zero-order valence-electron chi connectivity index (χ0n) is 17.4. The minimum absolute atomic E-state index is 0.123. The van der Waals surface area contributed by atoms with E-state index >= 15 is 0 Å². The van der Waals surface area contributed by atoms with E-state index in [0.717, 1.165) is 25.2 Å². The van der Waals surface area contributed by atoms with Gasteiger partial charge in [-0.1, -0.05) is 36.4 Å². The molecule has 9 heteroatoms. The molecule has 5 rings (SSSR count). The van der Waals surface area contributed by atoms with Gasteiger partial charge in [0.2, 0.25) is 0 Å². The lowest BCUT2D eigenvalue weighted by atomic mass is 10.2. The number of hydrogen-bond acceptors (Lipinski definition) is 7. The average molecular weight is 447 g/mol. The van der Waals surface area contributed by atoms with Crippen LogP contribution < -0.4 is 0 Å². The van der Waals surface area contributed by atoms with Gasteiger partial charge >= 0.3 is 0 Å². The van der Waals surface area contributed by atoms with Gasteiger partial charge in [-0.15, -0.1) is 16.4 Å². The highest BCUT2D eigenvalue weighted by molar-refractivity contribution is 7.09. The summed E-state index contributed by atoms with van der Waals surface area (Å²) in [5, 5.41) is 14.3. The largest absolute Gasteiger partial charge is 0.465 e. The van der Waals surface area contributed by atoms with Crippen LogP contribution in [-0.4, -0.2) is 62.1 Å². The van der Waals surface area contributed by atoms with Gasteiger partial charge in [0.05, 0.1) is 6.26 Å². The lowest BCUT2D eigenvalue weighted by molar-refractivity contribution is -0.127. The average Bonchev–Trinajstić information content (AvgIpc) is 3.61. The smallest absolute Gasteiger partial charge is 0.272 e. The van der Waals surface area contributed by atoms with Gasteiger partial charge in [-0.3, -0.25) is 9.69 Å². The second-order valence-electron chi connectivity index (χ2n) is 7.47. The van der Waals surface area contributed by atoms with Crippen LogP contribution in [0.15, 0.2) is 70.7 Å². The van der Waals surface area contributed by atoms with E-state index in [-0.39, 0.29) is 5.91 Å². The van der Waals surface area contributed by atoms with Crippen molar-refractivity contribution < 1.29 is 9.21 Å². The van der Waals surface area contributed by atoms with Crippen molar-refractivity contribution in [3.63, 3.8) is 0 Å². The molecule has 3 aromatic heterocycles. The molecule has 1 fully saturated rings. The summed E-state index contributed by atoms with van der Waals surface area (Å²) in [6.07, 6.45) is 3.28. The number of tetrazole rings is 1. The SMILES string of the molecule is O=C(/C(=C\c1ccco1)n1nnnc1-c1ccccc1)N1CCN(Cc2cccs2)CC1. The summed E-state index contributed by atoms with van der Waals surface area (Å²) >= 11 is 1.76. The second-order valence-corrected chi connectivity index (χ2v) is 8.51. The second kappa shape index (κ2) is 9.29. The maximum Gasteiger partial charge on any atom is 0.272 e. The van der Waals surface area contributed by atoms with Crippen LogP contribution in [0, 0.1) is 0 Å². The molecule has 0 radical (unpaired) electrons. The highest BCUT2D eigenvalue weighted by Crippen LogP contribution is 2.23. The van der Waals surface area contributed by atoms with Gasteiger partial charge in [0, 0.05) is 49.2 Å². The number of nitrogens with zero attached hydrogens (tertiary/aromatic N) is 6. The number of carbonyl (C=O) groups excluding carboxylic acids is 1. The number of amides is 1. The molecule has 0 spiro atoms. The molecule has 1 saturated heterocycles. The Kier molecular flexibility index (Phi) is 5.91. The Labute approximate surface area is 189 Å². The van der Waals surface area contributed by atoms with Crippen molar-refractivity contribution >= 4 is 29.0 Å². The van der Waals surface area contributed by atoms with Gasteiger partial charge in [-0.25, -0.2) is 0 Å². The third kappa shape index (κ3) is 4.39. The summed E-state index contributed by atoms with van der Waals surface area (Å²) in [6.45, 7) is 3.84. The fourth-order valence-corrected chi connectivity index (χ4v) is 4.48. The summed E-state index contributed by atoms with van der Waals surface area (Å²) in [5.41, 5.74) is 1.19. The van der Waals surface area contributed by atoms with E-state index in [9.17, 15) is 4.79 Å². The van der Waals surface area contributed by atoms with Gasteiger partial charge in [0.1, 0.15) is 11.5 Å². The first kappa shape index (κ1) is 20.3. The first-order valence-electron chi connectivity index (χ1n) is 10.4. The third-order valence-corrected chi connectivity index (χ3v) is 6.25. The number of carbonyl (C=O) groups is 1. The van der Waals surface area contributed by atoms with E-state index in [1.165, 1.54) is 9.56 Å². The van der Waals surface area contributed by atoms with Crippen molar-refractivity contribution in [3.8, 4) is 11.4 Å². The van der Waals surface area contributed by atoms with Crippen LogP contribution in [0.5, 0.6) is 0 Å². The molecule has 0 atom stereocenters. The fourth-order valence-electron chi connectivity index (χ4n) is 3.73. The van der Waals surface area contributed by atoms with Gasteiger partial charge < -0.3 is 9.32 Å².